The molecule has 0 bridgehead atoms. The second-order valence-corrected chi connectivity index (χ2v) is 4.84. The first-order chi connectivity index (χ1) is 8.69. The third kappa shape index (κ3) is 3.40. The number of halogens is 1. The van der Waals surface area contributed by atoms with Gasteiger partial charge in [-0.05, 0) is 43.0 Å². The highest BCUT2D eigenvalue weighted by molar-refractivity contribution is 6.28. The summed E-state index contributed by atoms with van der Waals surface area (Å²) in [7, 11) is 0. The van der Waals surface area contributed by atoms with Crippen molar-refractivity contribution in [1.82, 2.24) is 15.3 Å². The Morgan fingerprint density at radius 3 is 3.22 bits per heavy atom. The standard InChI is InChI=1S/C12H17ClN4O/c1-2-8-3-5-14-9(7-8)11(18)16-10-4-6-15-12(13)17-10/h4,6,8-9,14H,2-3,5,7H2,1H3,(H,15,16,17,18). The number of piperidine rings is 1. The highest BCUT2D eigenvalue weighted by Gasteiger charge is 2.26. The van der Waals surface area contributed by atoms with Gasteiger partial charge in [-0.1, -0.05) is 13.3 Å². The van der Waals surface area contributed by atoms with Crippen LogP contribution in [0.15, 0.2) is 12.3 Å². The predicted molar refractivity (Wildman–Crippen MR) is 70.5 cm³/mol. The molecular formula is C12H17ClN4O. The zero-order valence-electron chi connectivity index (χ0n) is 10.3. The fraction of sp³-hybridized carbons (Fsp3) is 0.583. The first kappa shape index (κ1) is 13.2. The van der Waals surface area contributed by atoms with E-state index >= 15 is 0 Å². The van der Waals surface area contributed by atoms with Crippen LogP contribution in [0.5, 0.6) is 0 Å². The van der Waals surface area contributed by atoms with Crippen LogP contribution in [-0.2, 0) is 4.79 Å². The normalized spacial score (nSPS) is 23.7. The molecule has 0 saturated carbocycles. The Labute approximate surface area is 111 Å². The number of amides is 1. The minimum atomic E-state index is -0.141. The van der Waals surface area contributed by atoms with E-state index in [0.717, 1.165) is 25.8 Å². The van der Waals surface area contributed by atoms with Gasteiger partial charge < -0.3 is 10.6 Å². The van der Waals surface area contributed by atoms with Gasteiger partial charge in [-0.2, -0.15) is 0 Å². The largest absolute Gasteiger partial charge is 0.309 e. The Kier molecular flexibility index (Phi) is 4.49. The van der Waals surface area contributed by atoms with E-state index in [9.17, 15) is 4.79 Å². The molecule has 1 aliphatic heterocycles. The maximum absolute atomic E-state index is 12.1. The summed E-state index contributed by atoms with van der Waals surface area (Å²) < 4.78 is 0. The summed E-state index contributed by atoms with van der Waals surface area (Å²) in [5.74, 6) is 1.01. The molecule has 1 fully saturated rings. The Morgan fingerprint density at radius 2 is 2.50 bits per heavy atom. The van der Waals surface area contributed by atoms with E-state index in [-0.39, 0.29) is 17.2 Å². The molecule has 98 valence electrons. The number of carbonyl (C=O) groups is 1. The molecule has 2 atom stereocenters. The van der Waals surface area contributed by atoms with Gasteiger partial charge in [0.2, 0.25) is 11.2 Å². The summed E-state index contributed by atoms with van der Waals surface area (Å²) in [6.07, 6.45) is 4.65. The number of carbonyl (C=O) groups excluding carboxylic acids is 1. The third-order valence-electron chi connectivity index (χ3n) is 3.28. The average molecular weight is 269 g/mol. The number of nitrogens with zero attached hydrogens (tertiary/aromatic N) is 2. The van der Waals surface area contributed by atoms with Gasteiger partial charge in [0.25, 0.3) is 0 Å². The molecule has 2 N–H and O–H groups in total. The van der Waals surface area contributed by atoms with Crippen LogP contribution >= 0.6 is 11.6 Å². The minimum absolute atomic E-state index is 0.0529. The summed E-state index contributed by atoms with van der Waals surface area (Å²) in [4.78, 5) is 19.8. The van der Waals surface area contributed by atoms with Crippen LogP contribution in [0.25, 0.3) is 0 Å². The molecule has 0 radical (unpaired) electrons. The lowest BCUT2D eigenvalue weighted by atomic mass is 9.90. The molecule has 2 heterocycles. The Hall–Kier alpha value is -1.20. The number of hydrogen-bond acceptors (Lipinski definition) is 4. The van der Waals surface area contributed by atoms with Crippen molar-refractivity contribution < 1.29 is 4.79 Å². The number of rotatable bonds is 3. The third-order valence-corrected chi connectivity index (χ3v) is 3.47. The maximum Gasteiger partial charge on any atom is 0.242 e. The monoisotopic (exact) mass is 268 g/mol. The molecule has 1 saturated heterocycles. The molecule has 1 aliphatic rings. The van der Waals surface area contributed by atoms with E-state index in [2.05, 4.69) is 27.5 Å². The lowest BCUT2D eigenvalue weighted by Gasteiger charge is -2.28. The lowest BCUT2D eigenvalue weighted by molar-refractivity contribution is -0.119. The highest BCUT2D eigenvalue weighted by Crippen LogP contribution is 2.20. The topological polar surface area (TPSA) is 66.9 Å². The zero-order chi connectivity index (χ0) is 13.0. The van der Waals surface area contributed by atoms with Crippen LogP contribution in [0.1, 0.15) is 26.2 Å². The van der Waals surface area contributed by atoms with Gasteiger partial charge in [-0.3, -0.25) is 4.79 Å². The molecule has 5 nitrogen and oxygen atoms in total. The molecule has 1 aromatic heterocycles. The maximum atomic E-state index is 12.1. The van der Waals surface area contributed by atoms with Gasteiger partial charge >= 0.3 is 0 Å². The molecular weight excluding hydrogens is 252 g/mol. The zero-order valence-corrected chi connectivity index (χ0v) is 11.1. The molecule has 0 aliphatic carbocycles. The van der Waals surface area contributed by atoms with Gasteiger partial charge in [0.05, 0.1) is 6.04 Å². The summed E-state index contributed by atoms with van der Waals surface area (Å²) in [5, 5.41) is 6.12. The predicted octanol–water partition coefficient (Wildman–Crippen LogP) is 1.85. The first-order valence-corrected chi connectivity index (χ1v) is 6.59. The van der Waals surface area contributed by atoms with E-state index in [0.29, 0.717) is 11.7 Å². The molecule has 1 aromatic rings. The molecule has 1 amide bonds. The first-order valence-electron chi connectivity index (χ1n) is 6.22. The van der Waals surface area contributed by atoms with Crippen LogP contribution in [0.2, 0.25) is 5.28 Å². The lowest BCUT2D eigenvalue weighted by Crippen LogP contribution is -2.46. The molecule has 18 heavy (non-hydrogen) atoms. The molecule has 0 aromatic carbocycles. The van der Waals surface area contributed by atoms with Crippen LogP contribution < -0.4 is 10.6 Å². The van der Waals surface area contributed by atoms with Crippen molar-refractivity contribution in [2.45, 2.75) is 32.2 Å². The van der Waals surface area contributed by atoms with Gasteiger partial charge in [-0.15, -0.1) is 0 Å². The summed E-state index contributed by atoms with van der Waals surface area (Å²) in [5.41, 5.74) is 0. The quantitative estimate of drug-likeness (QED) is 0.821. The second kappa shape index (κ2) is 6.11. The van der Waals surface area contributed by atoms with Crippen LogP contribution in [0.3, 0.4) is 0 Å². The minimum Gasteiger partial charge on any atom is -0.309 e. The molecule has 2 rings (SSSR count). The van der Waals surface area contributed by atoms with Crippen LogP contribution in [-0.4, -0.2) is 28.5 Å². The van der Waals surface area contributed by atoms with E-state index in [1.54, 1.807) is 6.07 Å². The van der Waals surface area contributed by atoms with E-state index < -0.39 is 0 Å². The summed E-state index contributed by atoms with van der Waals surface area (Å²) in [6, 6.07) is 1.49. The highest BCUT2D eigenvalue weighted by atomic mass is 35.5. The number of hydrogen-bond donors (Lipinski definition) is 2. The number of anilines is 1. The van der Waals surface area contributed by atoms with Crippen LogP contribution in [0, 0.1) is 5.92 Å². The van der Waals surface area contributed by atoms with Crippen molar-refractivity contribution in [2.75, 3.05) is 11.9 Å². The Morgan fingerprint density at radius 1 is 1.67 bits per heavy atom. The van der Waals surface area contributed by atoms with Crippen molar-refractivity contribution in [2.24, 2.45) is 5.92 Å². The van der Waals surface area contributed by atoms with Crippen molar-refractivity contribution in [3.8, 4) is 0 Å². The van der Waals surface area contributed by atoms with Crippen molar-refractivity contribution in [1.29, 1.82) is 0 Å². The van der Waals surface area contributed by atoms with Crippen LogP contribution in [0.4, 0.5) is 5.82 Å². The Bertz CT molecular complexity index is 426. The number of nitrogens with one attached hydrogen (secondary N) is 2. The van der Waals surface area contributed by atoms with Gasteiger partial charge in [0, 0.05) is 6.20 Å². The molecule has 2 unspecified atom stereocenters. The number of aromatic nitrogens is 2. The Balaban J connectivity index is 1.95. The van der Waals surface area contributed by atoms with E-state index in [1.807, 2.05) is 0 Å². The van der Waals surface area contributed by atoms with Gasteiger partial charge in [0.15, 0.2) is 0 Å². The average Bonchev–Trinajstić information content (AvgIpc) is 2.39. The second-order valence-electron chi connectivity index (χ2n) is 4.51. The smallest absolute Gasteiger partial charge is 0.242 e. The van der Waals surface area contributed by atoms with Gasteiger partial charge in [-0.25, -0.2) is 9.97 Å². The van der Waals surface area contributed by atoms with Gasteiger partial charge in [0.1, 0.15) is 5.82 Å². The fourth-order valence-corrected chi connectivity index (χ4v) is 2.33. The summed E-state index contributed by atoms with van der Waals surface area (Å²) >= 11 is 5.67. The van der Waals surface area contributed by atoms with Crippen molar-refractivity contribution >= 4 is 23.3 Å². The summed E-state index contributed by atoms with van der Waals surface area (Å²) in [6.45, 7) is 3.05. The van der Waals surface area contributed by atoms with E-state index in [4.69, 9.17) is 11.6 Å². The SMILES string of the molecule is CCC1CCNC(C(=O)Nc2ccnc(Cl)n2)C1. The molecule has 0 spiro atoms. The van der Waals surface area contributed by atoms with Crippen molar-refractivity contribution in [3.63, 3.8) is 0 Å². The van der Waals surface area contributed by atoms with Crippen molar-refractivity contribution in [3.05, 3.63) is 17.5 Å². The fourth-order valence-electron chi connectivity index (χ4n) is 2.18. The van der Waals surface area contributed by atoms with E-state index in [1.165, 1.54) is 6.20 Å². The molecule has 6 heteroatoms.